The van der Waals surface area contributed by atoms with E-state index in [0.717, 1.165) is 10.5 Å². The second-order valence-electron chi connectivity index (χ2n) is 2.72. The molecule has 1 aromatic heterocycles. The second-order valence-corrected chi connectivity index (χ2v) is 4.07. The molecular weight excluding hydrogens is 214 g/mol. The van der Waals surface area contributed by atoms with E-state index in [1.165, 1.54) is 0 Å². The predicted octanol–water partition coefficient (Wildman–Crippen LogP) is 2.73. The van der Waals surface area contributed by atoms with E-state index in [9.17, 15) is 0 Å². The highest BCUT2D eigenvalue weighted by atomic mass is 35.5. The van der Waals surface area contributed by atoms with Crippen LogP contribution in [-0.4, -0.2) is 7.48 Å². The van der Waals surface area contributed by atoms with E-state index in [0.29, 0.717) is 5.02 Å². The second kappa shape index (κ2) is 4.53. The van der Waals surface area contributed by atoms with Gasteiger partial charge in [0, 0.05) is 5.02 Å². The molecule has 0 bridgehead atoms. The van der Waals surface area contributed by atoms with Crippen molar-refractivity contribution in [3.8, 4) is 5.06 Å². The van der Waals surface area contributed by atoms with Crippen LogP contribution in [0.1, 0.15) is 0 Å². The summed E-state index contributed by atoms with van der Waals surface area (Å²) in [6.07, 6.45) is 0. The number of benzene rings is 1. The van der Waals surface area contributed by atoms with Gasteiger partial charge in [0.2, 0.25) is 0 Å². The van der Waals surface area contributed by atoms with Crippen molar-refractivity contribution < 1.29 is 4.65 Å². The Labute approximate surface area is 92.6 Å². The van der Waals surface area contributed by atoms with Crippen LogP contribution in [0.2, 0.25) is 5.02 Å². The van der Waals surface area contributed by atoms with Gasteiger partial charge in [-0.05, 0) is 35.1 Å². The van der Waals surface area contributed by atoms with E-state index >= 15 is 0 Å². The summed E-state index contributed by atoms with van der Waals surface area (Å²) in [6.45, 7) is 0. The Morgan fingerprint density at radius 1 is 1.21 bits per heavy atom. The Morgan fingerprint density at radius 3 is 2.86 bits per heavy atom. The van der Waals surface area contributed by atoms with Crippen LogP contribution in [0.25, 0.3) is 0 Å². The third-order valence-corrected chi connectivity index (χ3v) is 2.65. The first-order valence-electron chi connectivity index (χ1n) is 4.13. The molecule has 1 heterocycles. The number of hydrogen-bond donors (Lipinski definition) is 0. The summed E-state index contributed by atoms with van der Waals surface area (Å²) >= 11 is 7.39. The highest BCUT2D eigenvalue weighted by molar-refractivity contribution is 7.12. The molecule has 0 fully saturated rings. The van der Waals surface area contributed by atoms with Crippen molar-refractivity contribution >= 4 is 35.9 Å². The third-order valence-electron chi connectivity index (χ3n) is 1.65. The van der Waals surface area contributed by atoms with Gasteiger partial charge in [-0.15, -0.1) is 11.3 Å². The Balaban J connectivity index is 1.98. The molecule has 2 rings (SSSR count). The standard InChI is InChI=1S/C10H7BClOS/c12-9-4-1-3-8(7-9)11-13-10-5-2-6-14-10/h1-7H. The summed E-state index contributed by atoms with van der Waals surface area (Å²) in [5.74, 6) is 0. The molecule has 0 N–H and O–H groups in total. The third kappa shape index (κ3) is 2.53. The number of rotatable bonds is 3. The van der Waals surface area contributed by atoms with Crippen molar-refractivity contribution in [2.24, 2.45) is 0 Å². The summed E-state index contributed by atoms with van der Waals surface area (Å²) in [5.41, 5.74) is 0.964. The van der Waals surface area contributed by atoms with Crippen LogP contribution in [0.5, 0.6) is 5.06 Å². The van der Waals surface area contributed by atoms with E-state index in [2.05, 4.69) is 0 Å². The normalized spacial score (nSPS) is 9.79. The van der Waals surface area contributed by atoms with Crippen molar-refractivity contribution in [3.05, 3.63) is 46.8 Å². The van der Waals surface area contributed by atoms with E-state index in [-0.39, 0.29) is 0 Å². The molecule has 0 amide bonds. The van der Waals surface area contributed by atoms with Crippen molar-refractivity contribution in [1.82, 2.24) is 0 Å². The zero-order valence-electron chi connectivity index (χ0n) is 7.31. The van der Waals surface area contributed by atoms with Crippen LogP contribution in [0.4, 0.5) is 0 Å². The summed E-state index contributed by atoms with van der Waals surface area (Å²) in [4.78, 5) is 0. The van der Waals surface area contributed by atoms with E-state index < -0.39 is 0 Å². The largest absolute Gasteiger partial charge is 0.551 e. The molecule has 0 spiro atoms. The molecule has 0 aliphatic rings. The van der Waals surface area contributed by atoms with E-state index in [1.54, 1.807) is 18.8 Å². The molecule has 0 unspecified atom stereocenters. The van der Waals surface area contributed by atoms with E-state index in [4.69, 9.17) is 16.3 Å². The van der Waals surface area contributed by atoms with Crippen LogP contribution in [0.3, 0.4) is 0 Å². The minimum Gasteiger partial charge on any atom is -0.551 e. The summed E-state index contributed by atoms with van der Waals surface area (Å²) in [6, 6.07) is 11.4. The predicted molar refractivity (Wildman–Crippen MR) is 61.8 cm³/mol. The van der Waals surface area contributed by atoms with Crippen LogP contribution in [0.15, 0.2) is 41.8 Å². The molecule has 4 heteroatoms. The lowest BCUT2D eigenvalue weighted by Gasteiger charge is -2.01. The van der Waals surface area contributed by atoms with Crippen LogP contribution < -0.4 is 10.1 Å². The van der Waals surface area contributed by atoms with Crippen molar-refractivity contribution in [2.45, 2.75) is 0 Å². The van der Waals surface area contributed by atoms with Gasteiger partial charge in [0.15, 0.2) is 5.06 Å². The van der Waals surface area contributed by atoms with Crippen LogP contribution >= 0.6 is 22.9 Å². The van der Waals surface area contributed by atoms with Crippen LogP contribution in [-0.2, 0) is 0 Å². The Hall–Kier alpha value is -0.925. The Bertz CT molecular complexity index is 402. The number of hydrogen-bond acceptors (Lipinski definition) is 2. The molecule has 0 saturated carbocycles. The smallest absolute Gasteiger partial charge is 0.409 e. The first kappa shape index (κ1) is 9.62. The SMILES string of the molecule is Clc1cccc([B]Oc2cccs2)c1. The highest BCUT2D eigenvalue weighted by Gasteiger charge is 2.00. The molecule has 0 aliphatic heterocycles. The molecule has 1 aromatic carbocycles. The maximum atomic E-state index is 5.83. The van der Waals surface area contributed by atoms with Gasteiger partial charge >= 0.3 is 7.48 Å². The fraction of sp³-hybridized carbons (Fsp3) is 0. The Morgan fingerprint density at radius 2 is 2.14 bits per heavy atom. The molecule has 0 atom stereocenters. The van der Waals surface area contributed by atoms with Gasteiger partial charge in [0.25, 0.3) is 0 Å². The van der Waals surface area contributed by atoms with Crippen molar-refractivity contribution in [2.75, 3.05) is 0 Å². The molecule has 69 valence electrons. The monoisotopic (exact) mass is 221 g/mol. The number of thiophene rings is 1. The van der Waals surface area contributed by atoms with Crippen LogP contribution in [0, 0.1) is 0 Å². The van der Waals surface area contributed by atoms with Gasteiger partial charge in [-0.25, -0.2) is 0 Å². The molecule has 14 heavy (non-hydrogen) atoms. The first-order chi connectivity index (χ1) is 6.84. The summed E-state index contributed by atoms with van der Waals surface area (Å²) in [5, 5.41) is 3.57. The first-order valence-corrected chi connectivity index (χ1v) is 5.39. The molecule has 2 aromatic rings. The highest BCUT2D eigenvalue weighted by Crippen LogP contribution is 2.17. The molecular formula is C10H7BClOS. The lowest BCUT2D eigenvalue weighted by atomic mass is 9.88. The summed E-state index contributed by atoms with van der Waals surface area (Å²) < 4.78 is 5.42. The van der Waals surface area contributed by atoms with Gasteiger partial charge in [-0.2, -0.15) is 0 Å². The maximum Gasteiger partial charge on any atom is 0.409 e. The topological polar surface area (TPSA) is 9.23 Å². The molecule has 1 nitrogen and oxygen atoms in total. The fourth-order valence-electron chi connectivity index (χ4n) is 1.04. The quantitative estimate of drug-likeness (QED) is 0.724. The van der Waals surface area contributed by atoms with Crippen molar-refractivity contribution in [1.29, 1.82) is 0 Å². The number of halogens is 1. The molecule has 0 saturated heterocycles. The minimum atomic E-state index is 0.716. The van der Waals surface area contributed by atoms with E-state index in [1.807, 2.05) is 41.8 Å². The molecule has 1 radical (unpaired) electrons. The summed E-state index contributed by atoms with van der Waals surface area (Å²) in [7, 11) is 1.69. The van der Waals surface area contributed by atoms with Gasteiger partial charge in [-0.1, -0.05) is 23.7 Å². The van der Waals surface area contributed by atoms with Gasteiger partial charge < -0.3 is 4.65 Å². The van der Waals surface area contributed by atoms with Gasteiger partial charge in [-0.3, -0.25) is 0 Å². The fourth-order valence-corrected chi connectivity index (χ4v) is 1.79. The molecule has 0 aliphatic carbocycles. The van der Waals surface area contributed by atoms with Crippen molar-refractivity contribution in [3.63, 3.8) is 0 Å². The van der Waals surface area contributed by atoms with Gasteiger partial charge in [0.05, 0.1) is 0 Å². The minimum absolute atomic E-state index is 0.716. The average molecular weight is 221 g/mol. The maximum absolute atomic E-state index is 5.83. The zero-order valence-corrected chi connectivity index (χ0v) is 8.89. The lowest BCUT2D eigenvalue weighted by Crippen LogP contribution is -2.19. The van der Waals surface area contributed by atoms with Gasteiger partial charge in [0.1, 0.15) is 0 Å². The zero-order chi connectivity index (χ0) is 9.80. The Kier molecular flexibility index (Phi) is 3.12. The average Bonchev–Trinajstić information content (AvgIpc) is 2.67. The lowest BCUT2D eigenvalue weighted by molar-refractivity contribution is 0.623.